The molecule has 1 aromatic rings. The highest BCUT2D eigenvalue weighted by Crippen LogP contribution is 2.53. The summed E-state index contributed by atoms with van der Waals surface area (Å²) in [6.45, 7) is 2.13. The first-order valence-electron chi connectivity index (χ1n) is 8.27. The molecule has 1 aromatic carbocycles. The van der Waals surface area contributed by atoms with Gasteiger partial charge in [-0.15, -0.1) is 0 Å². The summed E-state index contributed by atoms with van der Waals surface area (Å²) in [6, 6.07) is 8.14. The third kappa shape index (κ3) is 2.95. The van der Waals surface area contributed by atoms with Crippen molar-refractivity contribution in [3.63, 3.8) is 0 Å². The van der Waals surface area contributed by atoms with Gasteiger partial charge in [0.2, 0.25) is 0 Å². The molecule has 5 heteroatoms. The minimum Gasteiger partial charge on any atom is -0.468 e. The number of benzene rings is 1. The second-order valence-corrected chi connectivity index (χ2v) is 7.59. The predicted octanol–water partition coefficient (Wildman–Crippen LogP) is 4.15. The molecule has 0 aliphatic heterocycles. The molecule has 2 aliphatic rings. The summed E-state index contributed by atoms with van der Waals surface area (Å²) in [5.41, 5.74) is 2.19. The minimum atomic E-state index is -1.25. The molecule has 4 nitrogen and oxygen atoms in total. The third-order valence-electron chi connectivity index (χ3n) is 5.25. The van der Waals surface area contributed by atoms with Gasteiger partial charge < -0.3 is 9.47 Å². The Hall–Kier alpha value is -1.88. The average Bonchev–Trinajstić information content (AvgIpc) is 3.02. The van der Waals surface area contributed by atoms with Gasteiger partial charge in [0.15, 0.2) is 5.41 Å². The highest BCUT2D eigenvalue weighted by Gasteiger charge is 2.56. The molecule has 0 spiro atoms. The van der Waals surface area contributed by atoms with Gasteiger partial charge in [-0.3, -0.25) is 9.59 Å². The summed E-state index contributed by atoms with van der Waals surface area (Å²) >= 11 is 3.46. The van der Waals surface area contributed by atoms with Crippen LogP contribution < -0.4 is 0 Å². The van der Waals surface area contributed by atoms with Crippen molar-refractivity contribution in [2.45, 2.75) is 19.8 Å². The van der Waals surface area contributed by atoms with Crippen LogP contribution in [0.15, 0.2) is 46.5 Å². The summed E-state index contributed by atoms with van der Waals surface area (Å²) in [4.78, 5) is 24.9. The van der Waals surface area contributed by atoms with E-state index in [1.54, 1.807) is 0 Å². The maximum Gasteiger partial charge on any atom is 0.323 e. The Morgan fingerprint density at radius 2 is 1.68 bits per heavy atom. The monoisotopic (exact) mass is 404 g/mol. The Morgan fingerprint density at radius 1 is 1.08 bits per heavy atom. The standard InChI is InChI=1S/C20H21BrO4/c1-12-4-5-14-10-20(18(22)24-2,19(23)25-3)11-16(14)17(12)13-6-8-15(21)9-7-13/h4-9,12,14H,10-11H2,1-3H3/t12-,14-/m0/s1. The van der Waals surface area contributed by atoms with Crippen molar-refractivity contribution < 1.29 is 19.1 Å². The molecule has 0 N–H and O–H groups in total. The minimum absolute atomic E-state index is 0.0491. The average molecular weight is 405 g/mol. The molecule has 25 heavy (non-hydrogen) atoms. The SMILES string of the molecule is COC(=O)C1(C(=O)OC)CC2=C(c3ccc(Br)cc3)[C@@H](C)C=C[C@H]2C1. The highest BCUT2D eigenvalue weighted by molar-refractivity contribution is 9.10. The highest BCUT2D eigenvalue weighted by atomic mass is 79.9. The van der Waals surface area contributed by atoms with Crippen molar-refractivity contribution in [3.8, 4) is 0 Å². The number of ether oxygens (including phenoxy) is 2. The number of hydrogen-bond donors (Lipinski definition) is 0. The quantitative estimate of drug-likeness (QED) is 0.431. The van der Waals surface area contributed by atoms with Crippen molar-refractivity contribution >= 4 is 33.4 Å². The van der Waals surface area contributed by atoms with E-state index in [9.17, 15) is 9.59 Å². The Bertz CT molecular complexity index is 744. The lowest BCUT2D eigenvalue weighted by Gasteiger charge is -2.24. The number of carbonyl (C=O) groups is 2. The zero-order valence-electron chi connectivity index (χ0n) is 14.5. The van der Waals surface area contributed by atoms with E-state index in [0.717, 1.165) is 15.6 Å². The van der Waals surface area contributed by atoms with Gasteiger partial charge in [-0.1, -0.05) is 52.7 Å². The number of methoxy groups -OCH3 is 2. The van der Waals surface area contributed by atoms with Crippen molar-refractivity contribution in [1.82, 2.24) is 0 Å². The Morgan fingerprint density at radius 3 is 2.24 bits per heavy atom. The fraction of sp³-hybridized carbons (Fsp3) is 0.400. The van der Waals surface area contributed by atoms with Gasteiger partial charge in [0.05, 0.1) is 14.2 Å². The molecule has 132 valence electrons. The van der Waals surface area contributed by atoms with Gasteiger partial charge in [-0.05, 0) is 42.0 Å². The van der Waals surface area contributed by atoms with Crippen LogP contribution in [-0.2, 0) is 19.1 Å². The normalized spacial score (nSPS) is 24.0. The topological polar surface area (TPSA) is 52.6 Å². The third-order valence-corrected chi connectivity index (χ3v) is 5.78. The van der Waals surface area contributed by atoms with E-state index in [2.05, 4.69) is 47.1 Å². The van der Waals surface area contributed by atoms with Crippen molar-refractivity contribution in [2.75, 3.05) is 14.2 Å². The van der Waals surface area contributed by atoms with Gasteiger partial charge in [0.1, 0.15) is 0 Å². The first-order chi connectivity index (χ1) is 11.9. The molecule has 2 atom stereocenters. The number of allylic oxidation sites excluding steroid dienone is 4. The van der Waals surface area contributed by atoms with Crippen molar-refractivity contribution in [3.05, 3.63) is 52.0 Å². The molecular formula is C20H21BrO4. The molecule has 0 saturated heterocycles. The molecule has 0 amide bonds. The smallest absolute Gasteiger partial charge is 0.323 e. The van der Waals surface area contributed by atoms with Crippen LogP contribution in [0.5, 0.6) is 0 Å². The first kappa shape index (κ1) is 17.9. The summed E-state index contributed by atoms with van der Waals surface area (Å²) in [6.07, 6.45) is 4.99. The maximum atomic E-state index is 12.5. The molecule has 2 aliphatic carbocycles. The van der Waals surface area contributed by atoms with Gasteiger partial charge in [-0.2, -0.15) is 0 Å². The number of carbonyl (C=O) groups excluding carboxylic acids is 2. The van der Waals surface area contributed by atoms with E-state index in [4.69, 9.17) is 9.47 Å². The second kappa shape index (κ2) is 6.79. The van der Waals surface area contributed by atoms with Gasteiger partial charge in [-0.25, -0.2) is 0 Å². The van der Waals surface area contributed by atoms with Crippen LogP contribution in [0.4, 0.5) is 0 Å². The first-order valence-corrected chi connectivity index (χ1v) is 9.06. The zero-order chi connectivity index (χ0) is 18.2. The number of esters is 2. The van der Waals surface area contributed by atoms with E-state index in [1.165, 1.54) is 19.8 Å². The molecule has 3 rings (SSSR count). The largest absolute Gasteiger partial charge is 0.468 e. The van der Waals surface area contributed by atoms with Crippen LogP contribution in [0, 0.1) is 17.3 Å². The summed E-state index contributed by atoms with van der Waals surface area (Å²) < 4.78 is 10.9. The van der Waals surface area contributed by atoms with E-state index >= 15 is 0 Å². The van der Waals surface area contributed by atoms with Crippen LogP contribution in [0.3, 0.4) is 0 Å². The van der Waals surface area contributed by atoms with Gasteiger partial charge >= 0.3 is 11.9 Å². The summed E-state index contributed by atoms with van der Waals surface area (Å²) in [5.74, 6) is -0.763. The molecule has 0 heterocycles. The molecule has 0 bridgehead atoms. The molecule has 0 radical (unpaired) electrons. The fourth-order valence-electron chi connectivity index (χ4n) is 4.06. The van der Waals surface area contributed by atoms with Gasteiger partial charge in [0.25, 0.3) is 0 Å². The second-order valence-electron chi connectivity index (χ2n) is 6.67. The number of rotatable bonds is 3. The van der Waals surface area contributed by atoms with Crippen LogP contribution in [0.25, 0.3) is 5.57 Å². The van der Waals surface area contributed by atoms with E-state index in [1.807, 2.05) is 12.1 Å². The van der Waals surface area contributed by atoms with Crippen LogP contribution in [0.1, 0.15) is 25.3 Å². The van der Waals surface area contributed by atoms with E-state index < -0.39 is 17.4 Å². The fourth-order valence-corrected chi connectivity index (χ4v) is 4.32. The number of fused-ring (bicyclic) bond motifs is 1. The zero-order valence-corrected chi connectivity index (χ0v) is 16.1. The Balaban J connectivity index is 2.11. The molecule has 0 aromatic heterocycles. The summed E-state index contributed by atoms with van der Waals surface area (Å²) in [7, 11) is 2.63. The lowest BCUT2D eigenvalue weighted by molar-refractivity contribution is -0.168. The summed E-state index contributed by atoms with van der Waals surface area (Å²) in [5, 5.41) is 0. The number of halogens is 1. The maximum absolute atomic E-state index is 12.5. The lowest BCUT2D eigenvalue weighted by atomic mass is 9.81. The van der Waals surface area contributed by atoms with E-state index in [-0.39, 0.29) is 11.8 Å². The van der Waals surface area contributed by atoms with Gasteiger partial charge in [0, 0.05) is 10.4 Å². The van der Waals surface area contributed by atoms with Crippen LogP contribution in [-0.4, -0.2) is 26.2 Å². The number of hydrogen-bond acceptors (Lipinski definition) is 4. The Labute approximate surface area is 156 Å². The molecule has 0 unspecified atom stereocenters. The van der Waals surface area contributed by atoms with Crippen LogP contribution >= 0.6 is 15.9 Å². The predicted molar refractivity (Wildman–Crippen MR) is 98.6 cm³/mol. The molecule has 1 fully saturated rings. The lowest BCUT2D eigenvalue weighted by Crippen LogP contribution is -2.39. The molecular weight excluding hydrogens is 384 g/mol. The van der Waals surface area contributed by atoms with E-state index in [0.29, 0.717) is 12.8 Å². The van der Waals surface area contributed by atoms with Crippen molar-refractivity contribution in [1.29, 1.82) is 0 Å². The van der Waals surface area contributed by atoms with Crippen LogP contribution in [0.2, 0.25) is 0 Å². The Kier molecular flexibility index (Phi) is 4.87. The molecule has 1 saturated carbocycles. The van der Waals surface area contributed by atoms with Crippen molar-refractivity contribution in [2.24, 2.45) is 17.3 Å².